The monoisotopic (exact) mass is 337 g/mol. The second-order valence-electron chi connectivity index (χ2n) is 5.32. The maximum absolute atomic E-state index is 12.5. The van der Waals surface area contributed by atoms with Crippen molar-refractivity contribution < 1.29 is 18.4 Å². The molecule has 0 saturated carbocycles. The number of carbonyl (C=O) groups excluding carboxylic acids is 1. The van der Waals surface area contributed by atoms with Gasteiger partial charge in [0.2, 0.25) is 5.91 Å². The summed E-state index contributed by atoms with van der Waals surface area (Å²) in [6.07, 6.45) is 4.83. The number of piperidine rings is 1. The number of carbonyl (C=O) groups is 1. The van der Waals surface area contributed by atoms with E-state index in [9.17, 15) is 9.36 Å². The quantitative estimate of drug-likeness (QED) is 0.593. The summed E-state index contributed by atoms with van der Waals surface area (Å²) in [6, 6.07) is 0.277. The molecule has 0 spiro atoms. The highest BCUT2D eigenvalue weighted by Gasteiger charge is 2.29. The molecule has 1 aliphatic rings. The molecule has 5 nitrogen and oxygen atoms in total. The molecule has 0 aromatic heterocycles. The van der Waals surface area contributed by atoms with Crippen LogP contribution in [0.25, 0.3) is 0 Å². The molecule has 0 bridgehead atoms. The van der Waals surface area contributed by atoms with Crippen LogP contribution in [0.15, 0.2) is 0 Å². The van der Waals surface area contributed by atoms with Crippen LogP contribution in [0.4, 0.5) is 0 Å². The summed E-state index contributed by atoms with van der Waals surface area (Å²) in [7, 11) is 0. The smallest absolute Gasteiger partial charge is 0.339 e. The standard InChI is InChI=1S/C14H28NO4PS/c1-4-10-18-20(17,19-11-5-2)21-12-14(16)15-9-7-6-8-13(15)3/h13H,4-12H2,1-3H3. The minimum absolute atomic E-state index is 0.0348. The molecule has 21 heavy (non-hydrogen) atoms. The molecule has 1 heterocycles. The van der Waals surface area contributed by atoms with E-state index >= 15 is 0 Å². The Morgan fingerprint density at radius 3 is 2.38 bits per heavy atom. The molecule has 0 aliphatic carbocycles. The van der Waals surface area contributed by atoms with Gasteiger partial charge in [-0.1, -0.05) is 13.8 Å². The topological polar surface area (TPSA) is 55.8 Å². The van der Waals surface area contributed by atoms with Gasteiger partial charge in [0.05, 0.1) is 19.0 Å². The van der Waals surface area contributed by atoms with Crippen LogP contribution >= 0.6 is 18.2 Å². The van der Waals surface area contributed by atoms with E-state index in [0.29, 0.717) is 13.2 Å². The predicted octanol–water partition coefficient (Wildman–Crippen LogP) is 4.08. The third kappa shape index (κ3) is 6.72. The van der Waals surface area contributed by atoms with Crippen LogP contribution in [0.2, 0.25) is 0 Å². The summed E-state index contributed by atoms with van der Waals surface area (Å²) in [4.78, 5) is 14.2. The molecule has 1 atom stereocenters. The number of hydrogen-bond donors (Lipinski definition) is 0. The van der Waals surface area contributed by atoms with Gasteiger partial charge >= 0.3 is 6.80 Å². The number of hydrogen-bond acceptors (Lipinski definition) is 5. The van der Waals surface area contributed by atoms with Gasteiger partial charge in [-0.15, -0.1) is 0 Å². The first-order valence-electron chi connectivity index (χ1n) is 7.85. The zero-order chi connectivity index (χ0) is 15.7. The largest absolute Gasteiger partial charge is 0.389 e. The lowest BCUT2D eigenvalue weighted by atomic mass is 10.0. The molecule has 1 unspecified atom stereocenters. The van der Waals surface area contributed by atoms with Gasteiger partial charge in [0.15, 0.2) is 0 Å². The van der Waals surface area contributed by atoms with Gasteiger partial charge in [-0.05, 0) is 50.4 Å². The molecule has 0 radical (unpaired) electrons. The van der Waals surface area contributed by atoms with Crippen molar-refractivity contribution in [3.05, 3.63) is 0 Å². The zero-order valence-corrected chi connectivity index (χ0v) is 15.1. The number of nitrogens with zero attached hydrogens (tertiary/aromatic N) is 1. The van der Waals surface area contributed by atoms with Gasteiger partial charge in [-0.25, -0.2) is 4.57 Å². The second kappa shape index (κ2) is 9.88. The lowest BCUT2D eigenvalue weighted by Gasteiger charge is -2.33. The second-order valence-corrected chi connectivity index (χ2v) is 9.39. The van der Waals surface area contributed by atoms with Crippen molar-refractivity contribution in [2.75, 3.05) is 25.5 Å². The van der Waals surface area contributed by atoms with Crippen LogP contribution in [-0.2, 0) is 18.4 Å². The van der Waals surface area contributed by atoms with Gasteiger partial charge in [-0.2, -0.15) is 0 Å². The van der Waals surface area contributed by atoms with E-state index in [2.05, 4.69) is 6.92 Å². The average molecular weight is 337 g/mol. The Bertz CT molecular complexity index is 355. The first-order chi connectivity index (χ1) is 10.0. The van der Waals surface area contributed by atoms with E-state index in [0.717, 1.165) is 43.6 Å². The van der Waals surface area contributed by atoms with Crippen molar-refractivity contribution >= 4 is 24.1 Å². The number of likely N-dealkylation sites (tertiary alicyclic amines) is 1. The van der Waals surface area contributed by atoms with E-state index < -0.39 is 6.80 Å². The number of rotatable bonds is 9. The first-order valence-corrected chi connectivity index (χ1v) is 11.0. The van der Waals surface area contributed by atoms with E-state index in [1.807, 2.05) is 18.7 Å². The summed E-state index contributed by atoms with van der Waals surface area (Å²) in [6.45, 7) is 4.36. The van der Waals surface area contributed by atoms with Crippen molar-refractivity contribution in [1.29, 1.82) is 0 Å². The van der Waals surface area contributed by atoms with Crippen molar-refractivity contribution in [2.45, 2.75) is 58.9 Å². The Balaban J connectivity index is 2.50. The van der Waals surface area contributed by atoms with Gasteiger partial charge in [0, 0.05) is 12.6 Å². The summed E-state index contributed by atoms with van der Waals surface area (Å²) in [5.41, 5.74) is 0. The van der Waals surface area contributed by atoms with Gasteiger partial charge in [0.1, 0.15) is 0 Å². The van der Waals surface area contributed by atoms with E-state index in [1.165, 1.54) is 6.42 Å². The summed E-state index contributed by atoms with van der Waals surface area (Å²) in [5.74, 6) is 0.197. The highest BCUT2D eigenvalue weighted by atomic mass is 32.7. The maximum Gasteiger partial charge on any atom is 0.389 e. The molecule has 0 aromatic carbocycles. The fourth-order valence-electron chi connectivity index (χ4n) is 2.20. The summed E-state index contributed by atoms with van der Waals surface area (Å²) >= 11 is 1.03. The van der Waals surface area contributed by atoms with Crippen molar-refractivity contribution in [3.63, 3.8) is 0 Å². The number of amides is 1. The van der Waals surface area contributed by atoms with Gasteiger partial charge < -0.3 is 13.9 Å². The maximum atomic E-state index is 12.5. The van der Waals surface area contributed by atoms with Gasteiger partial charge in [-0.3, -0.25) is 4.79 Å². The third-order valence-electron chi connectivity index (χ3n) is 3.38. The minimum atomic E-state index is -3.21. The van der Waals surface area contributed by atoms with E-state index in [4.69, 9.17) is 9.05 Å². The molecule has 1 saturated heterocycles. The Labute approximate surface area is 132 Å². The highest BCUT2D eigenvalue weighted by Crippen LogP contribution is 2.60. The fraction of sp³-hybridized carbons (Fsp3) is 0.929. The van der Waals surface area contributed by atoms with E-state index in [1.54, 1.807) is 0 Å². The minimum Gasteiger partial charge on any atom is -0.339 e. The molecule has 1 amide bonds. The fourth-order valence-corrected chi connectivity index (χ4v) is 5.37. The average Bonchev–Trinajstić information content (AvgIpc) is 2.49. The van der Waals surface area contributed by atoms with Crippen molar-refractivity contribution in [2.24, 2.45) is 0 Å². The van der Waals surface area contributed by atoms with Crippen LogP contribution in [0, 0.1) is 0 Å². The molecule has 1 fully saturated rings. The Kier molecular flexibility index (Phi) is 8.95. The van der Waals surface area contributed by atoms with Crippen molar-refractivity contribution in [1.82, 2.24) is 4.90 Å². The SMILES string of the molecule is CCCOP(=O)(OCCC)SCC(=O)N1CCCCC1C. The molecule has 0 aromatic rings. The third-order valence-corrected chi connectivity index (χ3v) is 7.03. The first kappa shape index (κ1) is 19.0. The van der Waals surface area contributed by atoms with Crippen LogP contribution in [0.1, 0.15) is 52.9 Å². The molecule has 0 N–H and O–H groups in total. The van der Waals surface area contributed by atoms with Crippen LogP contribution in [-0.4, -0.2) is 42.4 Å². The Morgan fingerprint density at radius 2 is 1.86 bits per heavy atom. The van der Waals surface area contributed by atoms with E-state index in [-0.39, 0.29) is 17.7 Å². The lowest BCUT2D eigenvalue weighted by molar-refractivity contribution is -0.131. The summed E-state index contributed by atoms with van der Waals surface area (Å²) < 4.78 is 23.3. The zero-order valence-electron chi connectivity index (χ0n) is 13.4. The highest BCUT2D eigenvalue weighted by molar-refractivity contribution is 8.55. The predicted molar refractivity (Wildman–Crippen MR) is 87.6 cm³/mol. The van der Waals surface area contributed by atoms with Crippen LogP contribution in [0.5, 0.6) is 0 Å². The molecule has 7 heteroatoms. The van der Waals surface area contributed by atoms with Crippen molar-refractivity contribution in [3.8, 4) is 0 Å². The molecule has 1 aliphatic heterocycles. The Morgan fingerprint density at radius 1 is 1.24 bits per heavy atom. The van der Waals surface area contributed by atoms with Crippen LogP contribution in [0.3, 0.4) is 0 Å². The molecular formula is C14H28NO4PS. The molecular weight excluding hydrogens is 309 g/mol. The normalized spacial score (nSPS) is 19.8. The van der Waals surface area contributed by atoms with Gasteiger partial charge in [0.25, 0.3) is 0 Å². The molecule has 1 rings (SSSR count). The summed E-state index contributed by atoms with van der Waals surface area (Å²) in [5, 5.41) is 0. The van der Waals surface area contributed by atoms with Crippen LogP contribution < -0.4 is 0 Å². The molecule has 124 valence electrons. The lowest BCUT2D eigenvalue weighted by Crippen LogP contribution is -2.42. The Hall–Kier alpha value is -0.0300.